The molecule has 0 bridgehead atoms. The highest BCUT2D eigenvalue weighted by atomic mass is 32.2. The van der Waals surface area contributed by atoms with Crippen molar-refractivity contribution in [1.82, 2.24) is 4.98 Å². The van der Waals surface area contributed by atoms with Crippen LogP contribution in [-0.2, 0) is 9.84 Å². The predicted octanol–water partition coefficient (Wildman–Crippen LogP) is 5.13. The standard InChI is InChI=1S/C18H17F2NO2S2/c19-18(20)17-8-13(10-24-17)12-1-2-16-14(7-12)15(9-21-16)11-3-5-25(22,23)6-4-11/h1-2,7-11,18,21H,3-6H2. The van der Waals surface area contributed by atoms with Gasteiger partial charge in [0.25, 0.3) is 6.43 Å². The van der Waals surface area contributed by atoms with E-state index in [1.165, 1.54) is 6.07 Å². The smallest absolute Gasteiger partial charge is 0.272 e. The van der Waals surface area contributed by atoms with Crippen LogP contribution in [0.4, 0.5) is 8.78 Å². The summed E-state index contributed by atoms with van der Waals surface area (Å²) in [5.74, 6) is 0.671. The number of thiophene rings is 1. The van der Waals surface area contributed by atoms with E-state index < -0.39 is 16.3 Å². The van der Waals surface area contributed by atoms with Gasteiger partial charge in [0.2, 0.25) is 0 Å². The lowest BCUT2D eigenvalue weighted by Gasteiger charge is -2.21. The Morgan fingerprint density at radius 2 is 1.88 bits per heavy atom. The van der Waals surface area contributed by atoms with E-state index >= 15 is 0 Å². The molecule has 1 aliphatic rings. The molecular weight excluding hydrogens is 364 g/mol. The Hall–Kier alpha value is -1.73. The molecule has 0 amide bonds. The fourth-order valence-corrected chi connectivity index (χ4v) is 5.74. The molecule has 7 heteroatoms. The average Bonchev–Trinajstić information content (AvgIpc) is 3.21. The van der Waals surface area contributed by atoms with Crippen molar-refractivity contribution in [2.24, 2.45) is 0 Å². The number of benzene rings is 1. The first-order valence-corrected chi connectivity index (χ1v) is 10.8. The van der Waals surface area contributed by atoms with Crippen LogP contribution in [0.15, 0.2) is 35.8 Å². The summed E-state index contributed by atoms with van der Waals surface area (Å²) in [7, 11) is -2.90. The molecule has 1 aromatic carbocycles. The van der Waals surface area contributed by atoms with Crippen molar-refractivity contribution in [1.29, 1.82) is 0 Å². The van der Waals surface area contributed by atoms with Gasteiger partial charge in [-0.1, -0.05) is 6.07 Å². The van der Waals surface area contributed by atoms with E-state index in [0.717, 1.165) is 38.9 Å². The van der Waals surface area contributed by atoms with Gasteiger partial charge in [0.15, 0.2) is 0 Å². The number of rotatable bonds is 3. The Morgan fingerprint density at radius 1 is 1.12 bits per heavy atom. The molecule has 4 rings (SSSR count). The molecule has 1 fully saturated rings. The van der Waals surface area contributed by atoms with Crippen molar-refractivity contribution in [2.75, 3.05) is 11.5 Å². The first kappa shape index (κ1) is 16.7. The minimum Gasteiger partial charge on any atom is -0.361 e. The highest BCUT2D eigenvalue weighted by Gasteiger charge is 2.26. The zero-order valence-electron chi connectivity index (χ0n) is 13.3. The molecule has 2 aromatic heterocycles. The number of sulfone groups is 1. The second kappa shape index (κ2) is 6.21. The maximum absolute atomic E-state index is 12.8. The van der Waals surface area contributed by atoms with Gasteiger partial charge in [-0.25, -0.2) is 17.2 Å². The Balaban J connectivity index is 1.70. The third kappa shape index (κ3) is 3.22. The maximum atomic E-state index is 12.8. The predicted molar refractivity (Wildman–Crippen MR) is 97.2 cm³/mol. The summed E-state index contributed by atoms with van der Waals surface area (Å²) in [5, 5.41) is 2.80. The van der Waals surface area contributed by atoms with E-state index in [4.69, 9.17) is 0 Å². The molecule has 25 heavy (non-hydrogen) atoms. The summed E-state index contributed by atoms with van der Waals surface area (Å²) < 4.78 is 49.0. The van der Waals surface area contributed by atoms with Crippen molar-refractivity contribution in [2.45, 2.75) is 25.2 Å². The van der Waals surface area contributed by atoms with Crippen molar-refractivity contribution >= 4 is 32.1 Å². The highest BCUT2D eigenvalue weighted by molar-refractivity contribution is 7.91. The second-order valence-corrected chi connectivity index (χ2v) is 9.72. The van der Waals surface area contributed by atoms with Gasteiger partial charge >= 0.3 is 0 Å². The Bertz CT molecular complexity index is 1010. The van der Waals surface area contributed by atoms with Gasteiger partial charge in [-0.15, -0.1) is 11.3 Å². The van der Waals surface area contributed by atoms with Crippen LogP contribution in [0.2, 0.25) is 0 Å². The Morgan fingerprint density at radius 3 is 2.56 bits per heavy atom. The van der Waals surface area contributed by atoms with Crippen molar-refractivity contribution < 1.29 is 17.2 Å². The molecular formula is C18H17F2NO2S2. The van der Waals surface area contributed by atoms with Gasteiger partial charge in [-0.2, -0.15) is 0 Å². The van der Waals surface area contributed by atoms with Crippen LogP contribution >= 0.6 is 11.3 Å². The van der Waals surface area contributed by atoms with Crippen LogP contribution in [0.25, 0.3) is 22.0 Å². The lowest BCUT2D eigenvalue weighted by Crippen LogP contribution is -2.21. The quantitative estimate of drug-likeness (QED) is 0.684. The molecule has 132 valence electrons. The first-order valence-electron chi connectivity index (χ1n) is 8.11. The van der Waals surface area contributed by atoms with Crippen LogP contribution in [0.3, 0.4) is 0 Å². The Kier molecular flexibility index (Phi) is 4.16. The van der Waals surface area contributed by atoms with Crippen LogP contribution < -0.4 is 0 Å². The molecule has 3 heterocycles. The SMILES string of the molecule is O=S1(=O)CCC(c2c[nH]c3ccc(-c4csc(C(F)F)c4)cc23)CC1. The van der Waals surface area contributed by atoms with Crippen molar-refractivity contribution in [3.8, 4) is 11.1 Å². The molecule has 3 nitrogen and oxygen atoms in total. The lowest BCUT2D eigenvalue weighted by atomic mass is 9.92. The fourth-order valence-electron chi connectivity index (χ4n) is 3.48. The molecule has 0 atom stereocenters. The summed E-state index contributed by atoms with van der Waals surface area (Å²) in [6.45, 7) is 0. The van der Waals surface area contributed by atoms with E-state index in [2.05, 4.69) is 4.98 Å². The molecule has 0 saturated carbocycles. The number of hydrogen-bond acceptors (Lipinski definition) is 3. The molecule has 0 unspecified atom stereocenters. The third-order valence-corrected chi connectivity index (χ3v) is 7.53. The number of H-pyrrole nitrogens is 1. The van der Waals surface area contributed by atoms with Gasteiger partial charge in [0, 0.05) is 17.1 Å². The second-order valence-electron chi connectivity index (χ2n) is 6.47. The molecule has 1 N–H and O–H groups in total. The van der Waals surface area contributed by atoms with E-state index in [9.17, 15) is 17.2 Å². The van der Waals surface area contributed by atoms with Gasteiger partial charge in [-0.3, -0.25) is 0 Å². The summed E-state index contributed by atoms with van der Waals surface area (Å²) in [4.78, 5) is 3.31. The van der Waals surface area contributed by atoms with Crippen molar-refractivity contribution in [3.05, 3.63) is 46.3 Å². The van der Waals surface area contributed by atoms with Gasteiger partial charge in [0.05, 0.1) is 16.4 Å². The van der Waals surface area contributed by atoms with Crippen molar-refractivity contribution in [3.63, 3.8) is 0 Å². The normalized spacial score (nSPS) is 18.2. The van der Waals surface area contributed by atoms with E-state index in [-0.39, 0.29) is 22.3 Å². The van der Waals surface area contributed by atoms with Crippen LogP contribution in [0.1, 0.15) is 35.6 Å². The topological polar surface area (TPSA) is 49.9 Å². The number of nitrogens with one attached hydrogen (secondary N) is 1. The molecule has 1 aliphatic heterocycles. The molecule has 0 spiro atoms. The highest BCUT2D eigenvalue weighted by Crippen LogP contribution is 2.37. The average molecular weight is 381 g/mol. The van der Waals surface area contributed by atoms with Gasteiger partial charge in [-0.05, 0) is 59.0 Å². The van der Waals surface area contributed by atoms with Gasteiger partial charge < -0.3 is 4.98 Å². The molecule has 0 aliphatic carbocycles. The lowest BCUT2D eigenvalue weighted by molar-refractivity contribution is 0.155. The summed E-state index contributed by atoms with van der Waals surface area (Å²) in [6, 6.07) is 7.43. The van der Waals surface area contributed by atoms with Crippen LogP contribution in [0, 0.1) is 0 Å². The summed E-state index contributed by atoms with van der Waals surface area (Å²) in [6.07, 6.45) is 0.769. The zero-order valence-corrected chi connectivity index (χ0v) is 15.0. The van der Waals surface area contributed by atoms with Crippen LogP contribution in [-0.4, -0.2) is 24.9 Å². The molecule has 3 aromatic rings. The summed E-state index contributed by atoms with van der Waals surface area (Å²) in [5.41, 5.74) is 3.80. The summed E-state index contributed by atoms with van der Waals surface area (Å²) >= 11 is 1.07. The first-order chi connectivity index (χ1) is 11.9. The monoisotopic (exact) mass is 381 g/mol. The maximum Gasteiger partial charge on any atom is 0.272 e. The molecule has 0 radical (unpaired) electrons. The third-order valence-electron chi connectivity index (χ3n) is 4.88. The largest absolute Gasteiger partial charge is 0.361 e. The molecule has 1 saturated heterocycles. The number of fused-ring (bicyclic) bond motifs is 1. The van der Waals surface area contributed by atoms with Gasteiger partial charge in [0.1, 0.15) is 9.84 Å². The number of aromatic nitrogens is 1. The number of aromatic amines is 1. The minimum atomic E-state index is -2.90. The number of alkyl halides is 2. The Labute approximate surface area is 148 Å². The fraction of sp³-hybridized carbons (Fsp3) is 0.333. The number of halogens is 2. The van der Waals surface area contributed by atoms with E-state index in [0.29, 0.717) is 12.8 Å². The number of hydrogen-bond donors (Lipinski definition) is 1. The zero-order chi connectivity index (χ0) is 17.6. The van der Waals surface area contributed by atoms with Crippen LogP contribution in [0.5, 0.6) is 0 Å². The van der Waals surface area contributed by atoms with E-state index in [1.807, 2.05) is 24.4 Å². The minimum absolute atomic E-state index is 0.0712. The van der Waals surface area contributed by atoms with E-state index in [1.54, 1.807) is 5.38 Å².